The highest BCUT2D eigenvalue weighted by Crippen LogP contribution is 2.57. The molecular weight excluding hydrogens is 386 g/mol. The SMILES string of the molecule is NCCC(=O)c1cccc2c1C(=O)OC21c2ccc(O)cc2Oc2cc(O)ccc21. The first-order valence-corrected chi connectivity index (χ1v) is 9.40. The number of carbonyl (C=O) groups excluding carboxylic acids is 2. The van der Waals surface area contributed by atoms with E-state index in [4.69, 9.17) is 15.2 Å². The molecule has 0 radical (unpaired) electrons. The lowest BCUT2D eigenvalue weighted by molar-refractivity contribution is 0.0223. The van der Waals surface area contributed by atoms with Crippen LogP contribution in [0.15, 0.2) is 54.6 Å². The number of hydrogen-bond acceptors (Lipinski definition) is 7. The molecule has 2 aliphatic rings. The molecule has 2 heterocycles. The van der Waals surface area contributed by atoms with Crippen molar-refractivity contribution in [1.82, 2.24) is 0 Å². The maximum absolute atomic E-state index is 13.1. The number of phenols is 2. The van der Waals surface area contributed by atoms with E-state index in [1.807, 2.05) is 0 Å². The Labute approximate surface area is 171 Å². The number of ether oxygens (including phenoxy) is 2. The van der Waals surface area contributed by atoms with Crippen LogP contribution < -0.4 is 10.5 Å². The van der Waals surface area contributed by atoms with Crippen LogP contribution in [0.5, 0.6) is 23.0 Å². The fraction of sp³-hybridized carbons (Fsp3) is 0.130. The number of nitrogens with two attached hydrogens (primary N) is 1. The van der Waals surface area contributed by atoms with Gasteiger partial charge in [-0.25, -0.2) is 4.79 Å². The van der Waals surface area contributed by atoms with Gasteiger partial charge < -0.3 is 25.4 Å². The van der Waals surface area contributed by atoms with Gasteiger partial charge in [-0.05, 0) is 30.8 Å². The summed E-state index contributed by atoms with van der Waals surface area (Å²) < 4.78 is 11.9. The number of esters is 1. The Bertz CT molecular complexity index is 1180. The van der Waals surface area contributed by atoms with Crippen LogP contribution in [0.25, 0.3) is 0 Å². The van der Waals surface area contributed by atoms with Gasteiger partial charge in [0.05, 0.1) is 5.56 Å². The molecule has 30 heavy (non-hydrogen) atoms. The van der Waals surface area contributed by atoms with Crippen molar-refractivity contribution in [2.75, 3.05) is 6.54 Å². The van der Waals surface area contributed by atoms with Crippen molar-refractivity contribution >= 4 is 11.8 Å². The van der Waals surface area contributed by atoms with E-state index in [0.29, 0.717) is 16.7 Å². The Morgan fingerprint density at radius 1 is 0.933 bits per heavy atom. The van der Waals surface area contributed by atoms with Crippen molar-refractivity contribution in [2.24, 2.45) is 5.73 Å². The van der Waals surface area contributed by atoms with Crippen molar-refractivity contribution in [3.63, 3.8) is 0 Å². The molecule has 0 aromatic heterocycles. The van der Waals surface area contributed by atoms with Gasteiger partial charge in [-0.2, -0.15) is 0 Å². The van der Waals surface area contributed by atoms with Gasteiger partial charge in [-0.3, -0.25) is 4.79 Å². The summed E-state index contributed by atoms with van der Waals surface area (Å²) in [5.41, 5.74) is 6.12. The lowest BCUT2D eigenvalue weighted by Crippen LogP contribution is -2.32. The van der Waals surface area contributed by atoms with Crippen LogP contribution in [0.2, 0.25) is 0 Å². The Morgan fingerprint density at radius 2 is 1.57 bits per heavy atom. The molecule has 0 saturated heterocycles. The molecule has 7 nitrogen and oxygen atoms in total. The van der Waals surface area contributed by atoms with Gasteiger partial charge in [0.1, 0.15) is 23.0 Å². The zero-order valence-electron chi connectivity index (χ0n) is 15.7. The Balaban J connectivity index is 1.85. The zero-order valence-corrected chi connectivity index (χ0v) is 15.7. The third-order valence-corrected chi connectivity index (χ3v) is 5.47. The Hall–Kier alpha value is -3.84. The summed E-state index contributed by atoms with van der Waals surface area (Å²) in [5.74, 6) is -0.356. The minimum absolute atomic E-state index is 0.0241. The number of Topliss-reactive ketones (excluding diaryl/α,β-unsaturated/α-hetero) is 1. The van der Waals surface area contributed by atoms with Crippen molar-refractivity contribution in [2.45, 2.75) is 12.0 Å². The third kappa shape index (κ3) is 2.36. The first-order chi connectivity index (χ1) is 14.5. The second-order valence-corrected chi connectivity index (χ2v) is 7.22. The minimum atomic E-state index is -1.38. The maximum atomic E-state index is 13.1. The number of rotatable bonds is 3. The number of benzene rings is 3. The van der Waals surface area contributed by atoms with Crippen LogP contribution >= 0.6 is 0 Å². The van der Waals surface area contributed by atoms with Crippen molar-refractivity contribution in [1.29, 1.82) is 0 Å². The molecule has 0 fully saturated rings. The van der Waals surface area contributed by atoms with Crippen LogP contribution in [-0.4, -0.2) is 28.5 Å². The van der Waals surface area contributed by atoms with E-state index in [1.165, 1.54) is 24.3 Å². The standard InChI is InChI=1S/C23H17NO6/c24-9-8-18(27)14-2-1-3-17-21(14)22(28)30-23(17)15-6-4-12(25)10-19(15)29-20-11-13(26)5-7-16(20)23/h1-7,10-11,25-26H,8-9,24H2. The number of phenolic OH excluding ortho intramolecular Hbond substituents is 2. The Kier molecular flexibility index (Phi) is 3.84. The van der Waals surface area contributed by atoms with Gasteiger partial charge >= 0.3 is 5.97 Å². The summed E-state index contributed by atoms with van der Waals surface area (Å²) in [7, 11) is 0. The predicted molar refractivity (Wildman–Crippen MR) is 106 cm³/mol. The number of ketones is 1. The van der Waals surface area contributed by atoms with E-state index < -0.39 is 11.6 Å². The molecule has 150 valence electrons. The van der Waals surface area contributed by atoms with E-state index in [9.17, 15) is 19.8 Å². The highest BCUT2D eigenvalue weighted by molar-refractivity contribution is 6.09. The molecule has 3 aromatic rings. The number of hydrogen-bond donors (Lipinski definition) is 3. The van der Waals surface area contributed by atoms with E-state index in [1.54, 1.807) is 30.3 Å². The van der Waals surface area contributed by atoms with Gasteiger partial charge in [-0.15, -0.1) is 0 Å². The first kappa shape index (κ1) is 18.2. The molecule has 5 rings (SSSR count). The molecule has 0 saturated carbocycles. The highest BCUT2D eigenvalue weighted by atomic mass is 16.6. The molecule has 0 amide bonds. The third-order valence-electron chi connectivity index (χ3n) is 5.47. The van der Waals surface area contributed by atoms with Crippen molar-refractivity contribution in [3.05, 3.63) is 82.4 Å². The van der Waals surface area contributed by atoms with Crippen molar-refractivity contribution in [3.8, 4) is 23.0 Å². The average Bonchev–Trinajstić information content (AvgIpc) is 3.01. The lowest BCUT2D eigenvalue weighted by Gasteiger charge is -2.36. The second kappa shape index (κ2) is 6.33. The summed E-state index contributed by atoms with van der Waals surface area (Å²) in [6.45, 7) is 0.167. The molecule has 1 spiro atoms. The molecule has 0 bridgehead atoms. The monoisotopic (exact) mass is 403 g/mol. The molecule has 4 N–H and O–H groups in total. The number of aromatic hydroxyl groups is 2. The normalized spacial score (nSPS) is 15.0. The molecule has 0 unspecified atom stereocenters. The van der Waals surface area contributed by atoms with E-state index in [-0.39, 0.29) is 52.9 Å². The van der Waals surface area contributed by atoms with Crippen LogP contribution in [0.3, 0.4) is 0 Å². The quantitative estimate of drug-likeness (QED) is 0.454. The maximum Gasteiger partial charge on any atom is 0.340 e. The fourth-order valence-electron chi connectivity index (χ4n) is 4.25. The Morgan fingerprint density at radius 3 is 2.17 bits per heavy atom. The van der Waals surface area contributed by atoms with Gasteiger partial charge in [0, 0.05) is 40.8 Å². The summed E-state index contributed by atoms with van der Waals surface area (Å²) in [6.07, 6.45) is 0.106. The fourth-order valence-corrected chi connectivity index (χ4v) is 4.25. The van der Waals surface area contributed by atoms with Gasteiger partial charge in [0.15, 0.2) is 11.4 Å². The van der Waals surface area contributed by atoms with Crippen molar-refractivity contribution < 1.29 is 29.3 Å². The zero-order chi connectivity index (χ0) is 21.0. The van der Waals surface area contributed by atoms with E-state index >= 15 is 0 Å². The molecule has 2 aliphatic heterocycles. The van der Waals surface area contributed by atoms with Crippen LogP contribution in [0, 0.1) is 0 Å². The number of carbonyl (C=O) groups is 2. The van der Waals surface area contributed by atoms with Gasteiger partial charge in [-0.1, -0.05) is 18.2 Å². The molecule has 7 heteroatoms. The first-order valence-electron chi connectivity index (χ1n) is 9.40. The highest BCUT2D eigenvalue weighted by Gasteiger charge is 2.54. The van der Waals surface area contributed by atoms with Gasteiger partial charge in [0.25, 0.3) is 0 Å². The second-order valence-electron chi connectivity index (χ2n) is 7.22. The van der Waals surface area contributed by atoms with Crippen LogP contribution in [0.4, 0.5) is 0 Å². The van der Waals surface area contributed by atoms with Gasteiger partial charge in [0.2, 0.25) is 0 Å². The molecule has 0 atom stereocenters. The summed E-state index contributed by atoms with van der Waals surface area (Å²) in [4.78, 5) is 25.7. The predicted octanol–water partition coefficient (Wildman–Crippen LogP) is 3.20. The van der Waals surface area contributed by atoms with Crippen LogP contribution in [-0.2, 0) is 10.3 Å². The molecule has 0 aliphatic carbocycles. The van der Waals surface area contributed by atoms with E-state index in [0.717, 1.165) is 0 Å². The summed E-state index contributed by atoms with van der Waals surface area (Å²) in [5, 5.41) is 19.9. The lowest BCUT2D eigenvalue weighted by atomic mass is 9.76. The summed E-state index contributed by atoms with van der Waals surface area (Å²) in [6, 6.07) is 14.0. The largest absolute Gasteiger partial charge is 0.508 e. The summed E-state index contributed by atoms with van der Waals surface area (Å²) >= 11 is 0. The van der Waals surface area contributed by atoms with E-state index in [2.05, 4.69) is 0 Å². The average molecular weight is 403 g/mol. The topological polar surface area (TPSA) is 119 Å². The molecule has 3 aromatic carbocycles. The minimum Gasteiger partial charge on any atom is -0.508 e. The smallest absolute Gasteiger partial charge is 0.340 e. The van der Waals surface area contributed by atoms with Crippen LogP contribution in [0.1, 0.15) is 43.8 Å². The number of fused-ring (bicyclic) bond motifs is 6. The molecular formula is C23H17NO6.